The Labute approximate surface area is 180 Å². The molecule has 0 radical (unpaired) electrons. The first-order valence-electron chi connectivity index (χ1n) is 10.0. The van der Waals surface area contributed by atoms with E-state index in [1.54, 1.807) is 4.90 Å². The Morgan fingerprint density at radius 2 is 1.80 bits per heavy atom. The number of aromatic amines is 1. The molecule has 0 spiro atoms. The number of rotatable bonds is 5. The number of piperazine rings is 1. The van der Waals surface area contributed by atoms with E-state index < -0.39 is 0 Å². The smallest absolute Gasteiger partial charge is 0.275 e. The Kier molecular flexibility index (Phi) is 6.01. The summed E-state index contributed by atoms with van der Waals surface area (Å²) < 4.78 is 0. The number of nitrogens with one attached hydrogen (secondary N) is 2. The fraction of sp³-hybridized carbons (Fsp3) is 0.318. The summed E-state index contributed by atoms with van der Waals surface area (Å²) in [5, 5.41) is 11.6. The summed E-state index contributed by atoms with van der Waals surface area (Å²) in [6.07, 6.45) is 0. The highest BCUT2D eigenvalue weighted by Gasteiger charge is 2.26. The van der Waals surface area contributed by atoms with Gasteiger partial charge < -0.3 is 10.2 Å². The van der Waals surface area contributed by atoms with Gasteiger partial charge in [-0.2, -0.15) is 5.10 Å². The second-order valence-corrected chi connectivity index (χ2v) is 7.90. The third kappa shape index (κ3) is 4.32. The number of carbonyl (C=O) groups is 2. The molecular weight excluding hydrogens is 402 g/mol. The molecule has 1 atom stereocenters. The maximum atomic E-state index is 12.9. The van der Waals surface area contributed by atoms with Crippen LogP contribution in [0.3, 0.4) is 0 Å². The second kappa shape index (κ2) is 8.85. The van der Waals surface area contributed by atoms with E-state index in [0.29, 0.717) is 43.4 Å². The minimum absolute atomic E-state index is 0.0551. The number of carbonyl (C=O) groups excluding carboxylic acids is 2. The van der Waals surface area contributed by atoms with Crippen LogP contribution in [0, 0.1) is 0 Å². The van der Waals surface area contributed by atoms with Gasteiger partial charge in [-0.15, -0.1) is 0 Å². The van der Waals surface area contributed by atoms with Gasteiger partial charge in [0.05, 0.1) is 18.1 Å². The van der Waals surface area contributed by atoms with Gasteiger partial charge in [-0.1, -0.05) is 48.0 Å². The van der Waals surface area contributed by atoms with Crippen LogP contribution in [-0.4, -0.2) is 64.5 Å². The van der Waals surface area contributed by atoms with Crippen LogP contribution in [-0.2, 0) is 4.79 Å². The van der Waals surface area contributed by atoms with Gasteiger partial charge in [0.2, 0.25) is 5.91 Å². The highest BCUT2D eigenvalue weighted by Crippen LogP contribution is 2.22. The molecule has 0 aliphatic carbocycles. The van der Waals surface area contributed by atoms with Crippen LogP contribution in [0.1, 0.15) is 29.0 Å². The van der Waals surface area contributed by atoms with Crippen molar-refractivity contribution >= 4 is 34.3 Å². The molecule has 8 heteroatoms. The number of fused-ring (bicyclic) bond motifs is 1. The molecular formula is C22H24ClN5O2. The van der Waals surface area contributed by atoms with Crippen molar-refractivity contribution in [3.63, 3.8) is 0 Å². The van der Waals surface area contributed by atoms with Crippen LogP contribution in [0.25, 0.3) is 10.9 Å². The summed E-state index contributed by atoms with van der Waals surface area (Å²) in [5.41, 5.74) is 2.20. The van der Waals surface area contributed by atoms with Crippen molar-refractivity contribution in [2.24, 2.45) is 0 Å². The highest BCUT2D eigenvalue weighted by molar-refractivity contribution is 6.31. The van der Waals surface area contributed by atoms with E-state index >= 15 is 0 Å². The van der Waals surface area contributed by atoms with Crippen molar-refractivity contribution in [2.45, 2.75) is 13.0 Å². The zero-order valence-electron chi connectivity index (χ0n) is 16.8. The Bertz CT molecular complexity index is 1060. The van der Waals surface area contributed by atoms with Crippen LogP contribution in [0.2, 0.25) is 5.02 Å². The van der Waals surface area contributed by atoms with E-state index in [-0.39, 0.29) is 17.9 Å². The van der Waals surface area contributed by atoms with Gasteiger partial charge in [-0.3, -0.25) is 19.6 Å². The van der Waals surface area contributed by atoms with Gasteiger partial charge in [-0.25, -0.2) is 0 Å². The largest absolute Gasteiger partial charge is 0.348 e. The van der Waals surface area contributed by atoms with Gasteiger partial charge in [0.15, 0.2) is 5.69 Å². The predicted octanol–water partition coefficient (Wildman–Crippen LogP) is 2.85. The maximum Gasteiger partial charge on any atom is 0.275 e. The van der Waals surface area contributed by atoms with Crippen molar-refractivity contribution < 1.29 is 9.59 Å². The molecule has 2 N–H and O–H groups in total. The lowest BCUT2D eigenvalue weighted by Crippen LogP contribution is -2.51. The zero-order valence-corrected chi connectivity index (χ0v) is 17.5. The monoisotopic (exact) mass is 425 g/mol. The molecule has 30 heavy (non-hydrogen) atoms. The first-order valence-corrected chi connectivity index (χ1v) is 10.4. The number of nitrogens with zero attached hydrogens (tertiary/aromatic N) is 3. The molecule has 1 aliphatic heterocycles. The summed E-state index contributed by atoms with van der Waals surface area (Å²) in [6, 6.07) is 14.9. The summed E-state index contributed by atoms with van der Waals surface area (Å²) in [5.74, 6) is -0.135. The van der Waals surface area contributed by atoms with Crippen molar-refractivity contribution in [1.82, 2.24) is 25.3 Å². The summed E-state index contributed by atoms with van der Waals surface area (Å²) in [6.45, 7) is 4.62. The maximum absolute atomic E-state index is 12.9. The first kappa shape index (κ1) is 20.4. The Balaban J connectivity index is 1.30. The molecule has 0 bridgehead atoms. The van der Waals surface area contributed by atoms with E-state index in [0.717, 1.165) is 16.5 Å². The number of halogens is 1. The van der Waals surface area contributed by atoms with E-state index in [9.17, 15) is 9.59 Å². The molecule has 1 fully saturated rings. The molecule has 1 aromatic heterocycles. The second-order valence-electron chi connectivity index (χ2n) is 7.50. The van der Waals surface area contributed by atoms with E-state index in [2.05, 4.69) is 20.4 Å². The summed E-state index contributed by atoms with van der Waals surface area (Å²) >= 11 is 6.21. The normalized spacial score (nSPS) is 15.9. The number of para-hydroxylation sites is 1. The molecule has 2 aromatic carbocycles. The average Bonchev–Trinajstić information content (AvgIpc) is 3.18. The lowest BCUT2D eigenvalue weighted by Gasteiger charge is -2.34. The van der Waals surface area contributed by atoms with Gasteiger partial charge in [0, 0.05) is 36.6 Å². The van der Waals surface area contributed by atoms with Crippen molar-refractivity contribution in [1.29, 1.82) is 0 Å². The molecule has 1 unspecified atom stereocenters. The van der Waals surface area contributed by atoms with Crippen molar-refractivity contribution in [3.8, 4) is 0 Å². The van der Waals surface area contributed by atoms with Gasteiger partial charge >= 0.3 is 0 Å². The minimum atomic E-state index is -0.165. The third-order valence-electron chi connectivity index (χ3n) is 5.45. The first-order chi connectivity index (χ1) is 14.5. The van der Waals surface area contributed by atoms with E-state index in [1.165, 1.54) is 0 Å². The lowest BCUT2D eigenvalue weighted by atomic mass is 10.1. The molecule has 2 heterocycles. The van der Waals surface area contributed by atoms with E-state index in [1.807, 2.05) is 55.5 Å². The molecule has 0 saturated carbocycles. The number of aromatic nitrogens is 2. The number of hydrogen-bond donors (Lipinski definition) is 2. The molecule has 1 aliphatic rings. The lowest BCUT2D eigenvalue weighted by molar-refractivity contribution is -0.123. The number of amides is 2. The minimum Gasteiger partial charge on any atom is -0.348 e. The van der Waals surface area contributed by atoms with E-state index in [4.69, 9.17) is 11.6 Å². The fourth-order valence-electron chi connectivity index (χ4n) is 3.78. The SMILES string of the molecule is CC(NC(=O)CN1CCN(C(=O)c2n[nH]c3ccccc23)CC1)c1ccccc1Cl. The number of benzene rings is 2. The van der Waals surface area contributed by atoms with Gasteiger partial charge in [0.1, 0.15) is 0 Å². The highest BCUT2D eigenvalue weighted by atomic mass is 35.5. The molecule has 3 aromatic rings. The molecule has 1 saturated heterocycles. The standard InChI is InChI=1S/C22H24ClN5O2/c1-15(16-6-2-4-8-18(16)23)24-20(29)14-27-10-12-28(13-11-27)22(30)21-17-7-3-5-9-19(17)25-26-21/h2-9,15H,10-14H2,1H3,(H,24,29)(H,25,26). The summed E-state index contributed by atoms with van der Waals surface area (Å²) in [7, 11) is 0. The third-order valence-corrected chi connectivity index (χ3v) is 5.79. The van der Waals surface area contributed by atoms with Crippen molar-refractivity contribution in [3.05, 3.63) is 64.8 Å². The van der Waals surface area contributed by atoms with Crippen LogP contribution in [0.5, 0.6) is 0 Å². The van der Waals surface area contributed by atoms with Crippen LogP contribution in [0.15, 0.2) is 48.5 Å². The summed E-state index contributed by atoms with van der Waals surface area (Å²) in [4.78, 5) is 29.2. The van der Waals surface area contributed by atoms with Crippen LogP contribution < -0.4 is 5.32 Å². The number of H-pyrrole nitrogens is 1. The zero-order chi connectivity index (χ0) is 21.1. The fourth-order valence-corrected chi connectivity index (χ4v) is 4.08. The van der Waals surface area contributed by atoms with Crippen LogP contribution >= 0.6 is 11.6 Å². The van der Waals surface area contributed by atoms with Gasteiger partial charge in [0.25, 0.3) is 5.91 Å². The Morgan fingerprint density at radius 1 is 1.10 bits per heavy atom. The average molecular weight is 426 g/mol. The van der Waals surface area contributed by atoms with Gasteiger partial charge in [-0.05, 0) is 24.6 Å². The molecule has 4 rings (SSSR count). The quantitative estimate of drug-likeness (QED) is 0.658. The Hall–Kier alpha value is -2.90. The molecule has 156 valence electrons. The van der Waals surface area contributed by atoms with Crippen molar-refractivity contribution in [2.75, 3.05) is 32.7 Å². The molecule has 7 nitrogen and oxygen atoms in total. The number of hydrogen-bond acceptors (Lipinski definition) is 4. The topological polar surface area (TPSA) is 81.3 Å². The predicted molar refractivity (Wildman–Crippen MR) is 116 cm³/mol. The Morgan fingerprint density at radius 3 is 2.57 bits per heavy atom. The van der Waals surface area contributed by atoms with Crippen LogP contribution in [0.4, 0.5) is 0 Å². The molecule has 2 amide bonds.